The van der Waals surface area contributed by atoms with E-state index in [1.807, 2.05) is 0 Å². The first kappa shape index (κ1) is 21.3. The van der Waals surface area contributed by atoms with Crippen molar-refractivity contribution in [3.8, 4) is 0 Å². The van der Waals surface area contributed by atoms with Gasteiger partial charge in [-0.05, 0) is 0 Å². The summed E-state index contributed by atoms with van der Waals surface area (Å²) in [5.74, 6) is 0.360. The Kier molecular flexibility index (Phi) is 6.81. The number of aromatic nitrogens is 4. The van der Waals surface area contributed by atoms with Gasteiger partial charge in [0.25, 0.3) is 0 Å². The number of hydrogen-bond donors (Lipinski definition) is 8. The molecule has 0 unspecified atom stereocenters. The molecule has 0 bridgehead atoms. The van der Waals surface area contributed by atoms with Crippen molar-refractivity contribution in [3.05, 3.63) is 10.5 Å². The summed E-state index contributed by atoms with van der Waals surface area (Å²) in [6.45, 7) is 0. The van der Waals surface area contributed by atoms with Crippen molar-refractivity contribution < 1.29 is 46.8 Å². The molecule has 2 heterocycles. The Morgan fingerprint density at radius 2 is 1.58 bits per heavy atom. The van der Waals surface area contributed by atoms with Gasteiger partial charge in [0.15, 0.2) is 0 Å². The van der Waals surface area contributed by atoms with E-state index in [0.29, 0.717) is 11.6 Å². The molecule has 136 valence electrons. The maximum atomic E-state index is 10.4. The standard InChI is InChI=1S/C5H5N5Se.H5O10P3/c6-5-9-3-2(4(11)10-5)7-1-8-3;1-11(2,3)9-13(7,8)10-12(4,5)6/h1H,(H4,6,7,8,9,10,11);(H,7,8)(H2,1,2,3)(H2,4,5,6). The molecule has 19 heteroatoms. The number of imidazole rings is 1. The van der Waals surface area contributed by atoms with Gasteiger partial charge in [0.05, 0.1) is 0 Å². The van der Waals surface area contributed by atoms with Crippen LogP contribution in [0.2, 0.25) is 0 Å². The molecule has 24 heavy (non-hydrogen) atoms. The predicted molar refractivity (Wildman–Crippen MR) is 77.7 cm³/mol. The predicted octanol–water partition coefficient (Wildman–Crippen LogP) is -1.13. The molecule has 9 N–H and O–H groups in total. The van der Waals surface area contributed by atoms with E-state index in [1.54, 1.807) is 6.33 Å². The van der Waals surface area contributed by atoms with Crippen LogP contribution in [-0.2, 0) is 22.3 Å². The van der Waals surface area contributed by atoms with Gasteiger partial charge in [-0.15, -0.1) is 0 Å². The fourth-order valence-electron chi connectivity index (χ4n) is 1.14. The van der Waals surface area contributed by atoms with Crippen LogP contribution in [-0.4, -0.2) is 60.0 Å². The van der Waals surface area contributed by atoms with Crippen LogP contribution in [0.4, 0.5) is 5.95 Å². The summed E-state index contributed by atoms with van der Waals surface area (Å²) in [5.41, 5.74) is 6.91. The smallest absolute Gasteiger partial charge is 0.302 e. The molecular weight excluding hydrogens is 462 g/mol. The van der Waals surface area contributed by atoms with Gasteiger partial charge in [-0.1, -0.05) is 0 Å². The summed E-state index contributed by atoms with van der Waals surface area (Å²) in [4.78, 5) is 53.9. The molecule has 2 aromatic rings. The third-order valence-corrected chi connectivity index (χ3v) is 5.73. The second kappa shape index (κ2) is 7.66. The van der Waals surface area contributed by atoms with E-state index in [-0.39, 0.29) is 0 Å². The molecule has 0 aliphatic heterocycles. The van der Waals surface area contributed by atoms with Gasteiger partial charge in [-0.3, -0.25) is 0 Å². The molecule has 0 aliphatic carbocycles. The van der Waals surface area contributed by atoms with Gasteiger partial charge in [0.1, 0.15) is 0 Å². The minimum absolute atomic E-state index is 0.360. The molecule has 2 aromatic heterocycles. The number of nitrogens with zero attached hydrogens (tertiary/aromatic N) is 2. The summed E-state index contributed by atoms with van der Waals surface area (Å²) in [5, 5.41) is 0. The first-order valence-corrected chi connectivity index (χ1v) is 10.7. The van der Waals surface area contributed by atoms with Crippen molar-refractivity contribution in [1.29, 1.82) is 0 Å². The fraction of sp³-hybridized carbons (Fsp3) is 0. The number of nitrogens with two attached hydrogens (primary N) is 1. The number of anilines is 1. The van der Waals surface area contributed by atoms with E-state index in [9.17, 15) is 13.7 Å². The molecule has 0 amide bonds. The number of hydrogen-bond acceptors (Lipinski definition) is 8. The molecule has 0 saturated carbocycles. The third kappa shape index (κ3) is 7.90. The maximum absolute atomic E-state index is 10.4. The maximum Gasteiger partial charge on any atom is 0.490 e. The van der Waals surface area contributed by atoms with Gasteiger partial charge >= 0.3 is 92.3 Å². The van der Waals surface area contributed by atoms with Crippen molar-refractivity contribution in [2.24, 2.45) is 0 Å². The van der Waals surface area contributed by atoms with Crippen LogP contribution >= 0.6 is 23.5 Å². The second-order valence-electron chi connectivity index (χ2n) is 3.67. The van der Waals surface area contributed by atoms with E-state index in [0.717, 1.165) is 9.71 Å². The van der Waals surface area contributed by atoms with E-state index in [2.05, 4.69) is 44.1 Å². The summed E-state index contributed by atoms with van der Waals surface area (Å²) in [6.07, 6.45) is 1.58. The summed E-state index contributed by atoms with van der Waals surface area (Å²) in [7, 11) is -16.2. The summed E-state index contributed by atoms with van der Waals surface area (Å²) < 4.78 is 37.2. The number of rotatable bonds is 4. The van der Waals surface area contributed by atoms with Gasteiger partial charge < -0.3 is 24.5 Å². The fourth-order valence-corrected chi connectivity index (χ4v) is 4.22. The Bertz CT molecular complexity index is 885. The molecular formula is C5H10N5O10P3Se. The van der Waals surface area contributed by atoms with Crippen LogP contribution in [0.5, 0.6) is 0 Å². The minimum atomic E-state index is -5.46. The molecule has 0 fully saturated rings. The van der Waals surface area contributed by atoms with Crippen molar-refractivity contribution >= 4 is 56.2 Å². The van der Waals surface area contributed by atoms with Gasteiger partial charge in [-0.2, -0.15) is 8.62 Å². The normalized spacial score (nSPS) is 12.7. The van der Waals surface area contributed by atoms with Gasteiger partial charge in [0.2, 0.25) is 0 Å². The van der Waals surface area contributed by atoms with E-state index < -0.39 is 23.5 Å². The molecule has 2 rings (SSSR count). The number of phosphoric acid groups is 3. The SMILES string of the molecule is Nc1nc2nc[nH]c2c(=[Se])[nH]1.O=P(O)(O)OP(=O)(O)OP(=O)(O)O. The Morgan fingerprint density at radius 3 is 2.04 bits per heavy atom. The van der Waals surface area contributed by atoms with Crippen LogP contribution in [0.25, 0.3) is 11.2 Å². The number of aromatic amines is 2. The zero-order chi connectivity index (χ0) is 18.8. The Labute approximate surface area is 139 Å². The molecule has 0 spiro atoms. The first-order valence-electron chi connectivity index (χ1n) is 5.24. The largest absolute Gasteiger partial charge is 0.490 e. The Morgan fingerprint density at radius 1 is 1.08 bits per heavy atom. The van der Waals surface area contributed by atoms with Crippen LogP contribution in [0.3, 0.4) is 0 Å². The average molecular weight is 472 g/mol. The van der Waals surface area contributed by atoms with Crippen LogP contribution < -0.4 is 5.73 Å². The molecule has 15 nitrogen and oxygen atoms in total. The van der Waals surface area contributed by atoms with Gasteiger partial charge in [0, 0.05) is 0 Å². The number of fused-ring (bicyclic) bond motifs is 1. The number of nitrogen functional groups attached to an aromatic ring is 1. The van der Waals surface area contributed by atoms with E-state index >= 15 is 0 Å². The second-order valence-corrected chi connectivity index (χ2v) is 8.73. The summed E-state index contributed by atoms with van der Waals surface area (Å²) >= 11 is 2.83. The third-order valence-electron chi connectivity index (χ3n) is 1.73. The van der Waals surface area contributed by atoms with E-state index in [1.165, 1.54) is 0 Å². The van der Waals surface area contributed by atoms with Crippen LogP contribution in [0, 0.1) is 4.19 Å². The zero-order valence-electron chi connectivity index (χ0n) is 11.1. The molecule has 0 atom stereocenters. The Balaban J connectivity index is 0.000000242. The quantitative estimate of drug-likeness (QED) is 0.194. The molecule has 0 aromatic carbocycles. The van der Waals surface area contributed by atoms with Crippen molar-refractivity contribution in [1.82, 2.24) is 19.9 Å². The van der Waals surface area contributed by atoms with Crippen LogP contribution in [0.1, 0.15) is 0 Å². The van der Waals surface area contributed by atoms with Gasteiger partial charge in [-0.25, -0.2) is 13.7 Å². The average Bonchev–Trinajstić information content (AvgIpc) is 2.70. The van der Waals surface area contributed by atoms with Crippen LogP contribution in [0.15, 0.2) is 6.33 Å². The summed E-state index contributed by atoms with van der Waals surface area (Å²) in [6, 6.07) is 0. The van der Waals surface area contributed by atoms with Crippen molar-refractivity contribution in [2.45, 2.75) is 0 Å². The van der Waals surface area contributed by atoms with Crippen molar-refractivity contribution in [3.63, 3.8) is 0 Å². The number of nitrogens with one attached hydrogen (secondary N) is 2. The molecule has 0 saturated heterocycles. The zero-order valence-corrected chi connectivity index (χ0v) is 15.5. The molecule has 0 radical (unpaired) electrons. The Hall–Kier alpha value is -0.721. The van der Waals surface area contributed by atoms with E-state index in [4.69, 9.17) is 30.2 Å². The molecule has 0 aliphatic rings. The van der Waals surface area contributed by atoms with Crippen molar-refractivity contribution in [2.75, 3.05) is 5.73 Å². The minimum Gasteiger partial charge on any atom is -0.302 e. The topological polar surface area (TPSA) is 254 Å². The first-order chi connectivity index (χ1) is 10.7. The monoisotopic (exact) mass is 473 g/mol. The number of H-pyrrole nitrogens is 2.